The van der Waals surface area contributed by atoms with Crippen LogP contribution < -0.4 is 0 Å². The van der Waals surface area contributed by atoms with Gasteiger partial charge in [-0.25, -0.2) is 0 Å². The molecule has 24 heavy (non-hydrogen) atoms. The van der Waals surface area contributed by atoms with Crippen LogP contribution in [0.4, 0.5) is 0 Å². The zero-order valence-electron chi connectivity index (χ0n) is 15.9. The van der Waals surface area contributed by atoms with E-state index >= 15 is 0 Å². The second kappa shape index (κ2) is 7.51. The van der Waals surface area contributed by atoms with Crippen molar-refractivity contribution in [3.05, 3.63) is 0 Å². The number of hydrogen-bond donors (Lipinski definition) is 0. The number of ether oxygens (including phenoxy) is 4. The normalized spacial score (nSPS) is 25.2. The SMILES string of the molecule is CC(=O)O[C@H]1OC(C)(C)O[C@@H]1[C@@H](CO[Si](C)(C)C(C)(C)C)OC=O. The lowest BCUT2D eigenvalue weighted by Crippen LogP contribution is -2.47. The summed E-state index contributed by atoms with van der Waals surface area (Å²) in [5, 5.41) is 0.0142. The molecule has 3 atom stereocenters. The molecule has 0 unspecified atom stereocenters. The Balaban J connectivity index is 2.89. The molecule has 1 fully saturated rings. The number of esters is 1. The Morgan fingerprint density at radius 1 is 1.29 bits per heavy atom. The predicted octanol–water partition coefficient (Wildman–Crippen LogP) is 2.59. The van der Waals surface area contributed by atoms with Gasteiger partial charge in [0.25, 0.3) is 6.47 Å². The van der Waals surface area contributed by atoms with Crippen molar-refractivity contribution in [1.29, 1.82) is 0 Å². The molecule has 1 aliphatic heterocycles. The zero-order valence-corrected chi connectivity index (χ0v) is 16.9. The second-order valence-electron chi connectivity index (χ2n) is 7.92. The van der Waals surface area contributed by atoms with Crippen molar-refractivity contribution in [2.24, 2.45) is 0 Å². The molecule has 140 valence electrons. The summed E-state index contributed by atoms with van der Waals surface area (Å²) in [4.78, 5) is 22.2. The van der Waals surface area contributed by atoms with Crippen molar-refractivity contribution in [1.82, 2.24) is 0 Å². The minimum Gasteiger partial charge on any atom is -0.459 e. The van der Waals surface area contributed by atoms with Gasteiger partial charge in [0.05, 0.1) is 6.61 Å². The van der Waals surface area contributed by atoms with Crippen molar-refractivity contribution in [2.45, 2.75) is 84.0 Å². The van der Waals surface area contributed by atoms with Crippen LogP contribution in [0.1, 0.15) is 41.5 Å². The van der Waals surface area contributed by atoms with Crippen LogP contribution in [-0.2, 0) is 33.0 Å². The van der Waals surface area contributed by atoms with Crippen LogP contribution in [0.15, 0.2) is 0 Å². The van der Waals surface area contributed by atoms with E-state index in [0.29, 0.717) is 6.47 Å². The fourth-order valence-electron chi connectivity index (χ4n) is 2.05. The van der Waals surface area contributed by atoms with Gasteiger partial charge in [-0.15, -0.1) is 0 Å². The second-order valence-corrected chi connectivity index (χ2v) is 12.7. The molecule has 0 spiro atoms. The maximum absolute atomic E-state index is 11.3. The van der Waals surface area contributed by atoms with Gasteiger partial charge in [0.2, 0.25) is 6.29 Å². The largest absolute Gasteiger partial charge is 0.459 e. The lowest BCUT2D eigenvalue weighted by atomic mass is 10.2. The average molecular weight is 362 g/mol. The predicted molar refractivity (Wildman–Crippen MR) is 89.7 cm³/mol. The number of carbonyl (C=O) groups excluding carboxylic acids is 2. The Labute approximate surface area is 145 Å². The lowest BCUT2D eigenvalue weighted by Gasteiger charge is -2.37. The van der Waals surface area contributed by atoms with Crippen LogP contribution in [-0.4, -0.2) is 51.7 Å². The Morgan fingerprint density at radius 2 is 1.88 bits per heavy atom. The molecule has 0 saturated carbocycles. The Morgan fingerprint density at radius 3 is 2.33 bits per heavy atom. The van der Waals surface area contributed by atoms with Crippen molar-refractivity contribution < 1.29 is 33.0 Å². The fourth-order valence-corrected chi connectivity index (χ4v) is 3.07. The van der Waals surface area contributed by atoms with E-state index in [2.05, 4.69) is 33.9 Å². The minimum absolute atomic E-state index is 0.0142. The summed E-state index contributed by atoms with van der Waals surface area (Å²) >= 11 is 0. The molecule has 1 aliphatic rings. The maximum Gasteiger partial charge on any atom is 0.305 e. The van der Waals surface area contributed by atoms with Crippen LogP contribution in [0.3, 0.4) is 0 Å². The molecule has 1 rings (SSSR count). The standard InChI is InChI=1S/C16H30O7Si/c1-11(18)21-14-13(22-16(5,6)23-14)12(19-10-17)9-20-24(7,8)15(2,3)4/h10,12-14H,9H2,1-8H3/t12-,13-,14+/m1/s1. The van der Waals surface area contributed by atoms with Crippen LogP contribution in [0.25, 0.3) is 0 Å². The monoisotopic (exact) mass is 362 g/mol. The summed E-state index contributed by atoms with van der Waals surface area (Å²) in [5.74, 6) is -1.45. The average Bonchev–Trinajstić information content (AvgIpc) is 2.67. The van der Waals surface area contributed by atoms with Gasteiger partial charge in [0.15, 0.2) is 26.3 Å². The third-order valence-corrected chi connectivity index (χ3v) is 8.88. The first-order chi connectivity index (χ1) is 10.8. The van der Waals surface area contributed by atoms with E-state index in [1.54, 1.807) is 13.8 Å². The molecule has 0 amide bonds. The van der Waals surface area contributed by atoms with E-state index in [9.17, 15) is 9.59 Å². The molecule has 7 nitrogen and oxygen atoms in total. The van der Waals surface area contributed by atoms with Gasteiger partial charge in [-0.3, -0.25) is 9.59 Å². The molecule has 1 saturated heterocycles. The molecular formula is C16H30O7Si. The van der Waals surface area contributed by atoms with E-state index in [4.69, 9.17) is 23.4 Å². The molecular weight excluding hydrogens is 332 g/mol. The van der Waals surface area contributed by atoms with Gasteiger partial charge in [0, 0.05) is 6.92 Å². The van der Waals surface area contributed by atoms with Crippen molar-refractivity contribution >= 4 is 20.8 Å². The van der Waals surface area contributed by atoms with Crippen LogP contribution in [0, 0.1) is 0 Å². The highest BCUT2D eigenvalue weighted by molar-refractivity contribution is 6.74. The van der Waals surface area contributed by atoms with Gasteiger partial charge < -0.3 is 23.4 Å². The van der Waals surface area contributed by atoms with E-state index in [1.165, 1.54) is 6.92 Å². The Bertz CT molecular complexity index is 456. The summed E-state index contributed by atoms with van der Waals surface area (Å²) in [6.45, 7) is 15.8. The van der Waals surface area contributed by atoms with Gasteiger partial charge in [-0.05, 0) is 32.0 Å². The number of rotatable bonds is 7. The summed E-state index contributed by atoms with van der Waals surface area (Å²) < 4.78 is 27.8. The van der Waals surface area contributed by atoms with Gasteiger partial charge in [-0.2, -0.15) is 0 Å². The molecule has 0 N–H and O–H groups in total. The smallest absolute Gasteiger partial charge is 0.305 e. The van der Waals surface area contributed by atoms with Crippen LogP contribution in [0.5, 0.6) is 0 Å². The maximum atomic E-state index is 11.3. The van der Waals surface area contributed by atoms with E-state index in [1.807, 2.05) is 0 Å². The highest BCUT2D eigenvalue weighted by Gasteiger charge is 2.49. The summed E-state index contributed by atoms with van der Waals surface area (Å²) in [6.07, 6.45) is -2.44. The van der Waals surface area contributed by atoms with Crippen molar-refractivity contribution in [2.75, 3.05) is 6.61 Å². The molecule has 0 aromatic rings. The molecule has 0 aliphatic carbocycles. The first-order valence-electron chi connectivity index (χ1n) is 8.05. The van der Waals surface area contributed by atoms with Crippen molar-refractivity contribution in [3.8, 4) is 0 Å². The number of hydrogen-bond acceptors (Lipinski definition) is 7. The quantitative estimate of drug-likeness (QED) is 0.391. The third-order valence-electron chi connectivity index (χ3n) is 4.38. The highest BCUT2D eigenvalue weighted by Crippen LogP contribution is 2.37. The first-order valence-corrected chi connectivity index (χ1v) is 11.0. The lowest BCUT2D eigenvalue weighted by molar-refractivity contribution is -0.196. The van der Waals surface area contributed by atoms with Gasteiger partial charge in [-0.1, -0.05) is 20.8 Å². The number of carbonyl (C=O) groups is 2. The Hall–Kier alpha value is -0.963. The fraction of sp³-hybridized carbons (Fsp3) is 0.875. The van der Waals surface area contributed by atoms with Gasteiger partial charge >= 0.3 is 5.97 Å². The molecule has 0 aromatic heterocycles. The molecule has 0 radical (unpaired) electrons. The summed E-state index contributed by atoms with van der Waals surface area (Å²) in [6, 6.07) is 0. The third kappa shape index (κ3) is 5.54. The Kier molecular flexibility index (Phi) is 6.60. The molecule has 0 aromatic carbocycles. The van der Waals surface area contributed by atoms with E-state index in [0.717, 1.165) is 0 Å². The zero-order chi connectivity index (χ0) is 18.8. The first kappa shape index (κ1) is 21.1. The molecule has 1 heterocycles. The topological polar surface area (TPSA) is 80.3 Å². The molecule has 8 heteroatoms. The van der Waals surface area contributed by atoms with E-state index in [-0.39, 0.29) is 11.6 Å². The van der Waals surface area contributed by atoms with E-state index < -0.39 is 38.6 Å². The summed E-state index contributed by atoms with van der Waals surface area (Å²) in [5.41, 5.74) is 0. The highest BCUT2D eigenvalue weighted by atomic mass is 28.4. The van der Waals surface area contributed by atoms with Crippen molar-refractivity contribution in [3.63, 3.8) is 0 Å². The van der Waals surface area contributed by atoms with Crippen LogP contribution in [0.2, 0.25) is 18.1 Å². The van der Waals surface area contributed by atoms with Crippen LogP contribution >= 0.6 is 0 Å². The van der Waals surface area contributed by atoms with Gasteiger partial charge in [0.1, 0.15) is 0 Å². The minimum atomic E-state index is -2.04. The summed E-state index contributed by atoms with van der Waals surface area (Å²) in [7, 11) is -2.04. The molecule has 0 bridgehead atoms.